The smallest absolute Gasteiger partial charge is 0.165 e. The molecule has 11 heavy (non-hydrogen) atoms. The highest BCUT2D eigenvalue weighted by Gasteiger charge is 2.45. The van der Waals surface area contributed by atoms with Crippen molar-refractivity contribution in [1.29, 1.82) is 0 Å². The van der Waals surface area contributed by atoms with Gasteiger partial charge in [-0.2, -0.15) is 0 Å². The zero-order valence-corrected chi connectivity index (χ0v) is 7.20. The first-order valence-corrected chi connectivity index (χ1v) is 3.91. The summed E-state index contributed by atoms with van der Waals surface area (Å²) < 4.78 is 5.03. The molecule has 0 radical (unpaired) electrons. The Morgan fingerprint density at radius 3 is 2.64 bits per heavy atom. The molecule has 0 amide bonds. The van der Waals surface area contributed by atoms with Gasteiger partial charge in [0.1, 0.15) is 6.10 Å². The lowest BCUT2D eigenvalue weighted by atomic mass is 9.70. The first-order valence-electron chi connectivity index (χ1n) is 3.91. The molecule has 1 rings (SSSR count). The van der Waals surface area contributed by atoms with E-state index >= 15 is 0 Å². The molecule has 0 aromatic rings. The van der Waals surface area contributed by atoms with E-state index in [4.69, 9.17) is 4.74 Å². The number of allylic oxidation sites excluding steroid dienone is 1. The highest BCUT2D eigenvalue weighted by atomic mass is 16.5. The van der Waals surface area contributed by atoms with E-state index in [-0.39, 0.29) is 17.8 Å². The summed E-state index contributed by atoms with van der Waals surface area (Å²) in [6.07, 6.45) is 3.83. The molecule has 1 unspecified atom stereocenters. The van der Waals surface area contributed by atoms with Crippen molar-refractivity contribution in [3.8, 4) is 0 Å². The Morgan fingerprint density at radius 2 is 2.18 bits per heavy atom. The third-order valence-corrected chi connectivity index (χ3v) is 2.32. The highest BCUT2D eigenvalue weighted by molar-refractivity contribution is 5.92. The van der Waals surface area contributed by atoms with Crippen LogP contribution in [0.2, 0.25) is 0 Å². The van der Waals surface area contributed by atoms with Gasteiger partial charge in [-0.1, -0.05) is 19.1 Å². The number of rotatable bonds is 2. The Kier molecular flexibility index (Phi) is 2.45. The molecular formula is C9H14O2. The predicted molar refractivity (Wildman–Crippen MR) is 43.3 cm³/mol. The quantitative estimate of drug-likeness (QED) is 0.562. The lowest BCUT2D eigenvalue weighted by molar-refractivity contribution is -0.150. The number of hydrogen-bond acceptors (Lipinski definition) is 2. The zero-order valence-electron chi connectivity index (χ0n) is 7.20. The average Bonchev–Trinajstić information content (AvgIpc) is 2.04. The molecule has 0 spiro atoms. The summed E-state index contributed by atoms with van der Waals surface area (Å²) in [6.45, 7) is 3.91. The van der Waals surface area contributed by atoms with Crippen LogP contribution in [-0.4, -0.2) is 19.0 Å². The summed E-state index contributed by atoms with van der Waals surface area (Å²) in [4.78, 5) is 11.1. The number of ether oxygens (including phenoxy) is 1. The van der Waals surface area contributed by atoms with Crippen LogP contribution < -0.4 is 0 Å². The summed E-state index contributed by atoms with van der Waals surface area (Å²) in [7, 11) is 1.59. The summed E-state index contributed by atoms with van der Waals surface area (Å²) in [5.74, 6) is 0.684. The van der Waals surface area contributed by atoms with E-state index in [1.54, 1.807) is 7.11 Å². The zero-order chi connectivity index (χ0) is 8.43. The van der Waals surface area contributed by atoms with Crippen LogP contribution in [0.5, 0.6) is 0 Å². The molecule has 0 saturated heterocycles. The standard InChI is InChI=1S/C9H14O2/c1-4-5-7-6(2)8(10)9(7)11-3/h4-7,9H,1-3H3/b5-4+/t6-,7-,9?/m1/s1. The van der Waals surface area contributed by atoms with Crippen LogP contribution in [-0.2, 0) is 9.53 Å². The number of Topliss-reactive ketones (excluding diaryl/α,β-unsaturated/α-hetero) is 1. The minimum Gasteiger partial charge on any atom is -0.373 e. The summed E-state index contributed by atoms with van der Waals surface area (Å²) in [6, 6.07) is 0. The largest absolute Gasteiger partial charge is 0.373 e. The molecule has 1 aliphatic rings. The van der Waals surface area contributed by atoms with Gasteiger partial charge in [0.05, 0.1) is 0 Å². The van der Waals surface area contributed by atoms with Gasteiger partial charge < -0.3 is 4.74 Å². The Morgan fingerprint density at radius 1 is 1.55 bits per heavy atom. The number of carbonyl (C=O) groups excluding carboxylic acids is 1. The maximum Gasteiger partial charge on any atom is 0.165 e. The predicted octanol–water partition coefficient (Wildman–Crippen LogP) is 1.41. The van der Waals surface area contributed by atoms with Crippen molar-refractivity contribution < 1.29 is 9.53 Å². The molecule has 0 aliphatic heterocycles. The van der Waals surface area contributed by atoms with Crippen LogP contribution >= 0.6 is 0 Å². The molecule has 2 heteroatoms. The normalized spacial score (nSPS) is 37.7. The van der Waals surface area contributed by atoms with Gasteiger partial charge in [-0.15, -0.1) is 0 Å². The molecular weight excluding hydrogens is 140 g/mol. The fraction of sp³-hybridized carbons (Fsp3) is 0.667. The van der Waals surface area contributed by atoms with Crippen LogP contribution in [0, 0.1) is 11.8 Å². The molecule has 0 aromatic carbocycles. The fourth-order valence-corrected chi connectivity index (χ4v) is 1.55. The van der Waals surface area contributed by atoms with Crippen molar-refractivity contribution in [2.45, 2.75) is 20.0 Å². The Hall–Kier alpha value is -0.630. The summed E-state index contributed by atoms with van der Waals surface area (Å²) in [5.41, 5.74) is 0. The number of ketones is 1. The molecule has 1 fully saturated rings. The Labute approximate surface area is 67.2 Å². The highest BCUT2D eigenvalue weighted by Crippen LogP contribution is 2.33. The van der Waals surface area contributed by atoms with E-state index in [2.05, 4.69) is 0 Å². The fourth-order valence-electron chi connectivity index (χ4n) is 1.55. The molecule has 62 valence electrons. The van der Waals surface area contributed by atoms with E-state index in [0.29, 0.717) is 5.92 Å². The average molecular weight is 154 g/mol. The first-order chi connectivity index (χ1) is 5.22. The van der Waals surface area contributed by atoms with Crippen LogP contribution in [0.25, 0.3) is 0 Å². The Bertz CT molecular complexity index is 184. The summed E-state index contributed by atoms with van der Waals surface area (Å²) in [5, 5.41) is 0. The van der Waals surface area contributed by atoms with Crippen molar-refractivity contribution >= 4 is 5.78 Å². The molecule has 3 atom stereocenters. The minimum atomic E-state index is -0.179. The van der Waals surface area contributed by atoms with E-state index < -0.39 is 0 Å². The third-order valence-electron chi connectivity index (χ3n) is 2.32. The van der Waals surface area contributed by atoms with Crippen molar-refractivity contribution in [2.75, 3.05) is 7.11 Å². The van der Waals surface area contributed by atoms with E-state index in [0.717, 1.165) is 0 Å². The molecule has 1 aliphatic carbocycles. The van der Waals surface area contributed by atoms with Crippen molar-refractivity contribution in [2.24, 2.45) is 11.8 Å². The molecule has 1 saturated carbocycles. The Balaban J connectivity index is 2.60. The lowest BCUT2D eigenvalue weighted by Crippen LogP contribution is -2.50. The molecule has 0 aromatic heterocycles. The molecule has 2 nitrogen and oxygen atoms in total. The second-order valence-corrected chi connectivity index (χ2v) is 2.95. The maximum atomic E-state index is 11.1. The van der Waals surface area contributed by atoms with Gasteiger partial charge in [-0.05, 0) is 6.92 Å². The van der Waals surface area contributed by atoms with Crippen LogP contribution in [0.4, 0.5) is 0 Å². The van der Waals surface area contributed by atoms with Gasteiger partial charge in [0.25, 0.3) is 0 Å². The SMILES string of the molecule is C/C=C/[C@H]1C(OC)C(=O)[C@@H]1C. The van der Waals surface area contributed by atoms with Crippen LogP contribution in [0.1, 0.15) is 13.8 Å². The van der Waals surface area contributed by atoms with Gasteiger partial charge >= 0.3 is 0 Å². The topological polar surface area (TPSA) is 26.3 Å². The monoisotopic (exact) mass is 154 g/mol. The summed E-state index contributed by atoms with van der Waals surface area (Å²) >= 11 is 0. The van der Waals surface area contributed by atoms with Gasteiger partial charge in [-0.25, -0.2) is 0 Å². The van der Waals surface area contributed by atoms with Crippen LogP contribution in [0.15, 0.2) is 12.2 Å². The van der Waals surface area contributed by atoms with Crippen LogP contribution in [0.3, 0.4) is 0 Å². The van der Waals surface area contributed by atoms with E-state index in [1.807, 2.05) is 26.0 Å². The van der Waals surface area contributed by atoms with Crippen molar-refractivity contribution in [1.82, 2.24) is 0 Å². The third kappa shape index (κ3) is 1.23. The number of methoxy groups -OCH3 is 1. The minimum absolute atomic E-state index is 0.149. The first kappa shape index (κ1) is 8.47. The van der Waals surface area contributed by atoms with Gasteiger partial charge in [0.15, 0.2) is 5.78 Å². The molecule has 0 N–H and O–H groups in total. The van der Waals surface area contributed by atoms with Crippen molar-refractivity contribution in [3.63, 3.8) is 0 Å². The van der Waals surface area contributed by atoms with Crippen molar-refractivity contribution in [3.05, 3.63) is 12.2 Å². The lowest BCUT2D eigenvalue weighted by Gasteiger charge is -2.38. The number of carbonyl (C=O) groups is 1. The second-order valence-electron chi connectivity index (χ2n) is 2.95. The maximum absolute atomic E-state index is 11.1. The molecule has 0 bridgehead atoms. The van der Waals surface area contributed by atoms with E-state index in [9.17, 15) is 4.79 Å². The van der Waals surface area contributed by atoms with E-state index in [1.165, 1.54) is 0 Å². The van der Waals surface area contributed by atoms with Gasteiger partial charge in [0.2, 0.25) is 0 Å². The second kappa shape index (κ2) is 3.18. The van der Waals surface area contributed by atoms with Gasteiger partial charge in [-0.3, -0.25) is 4.79 Å². The molecule has 0 heterocycles. The number of hydrogen-bond donors (Lipinski definition) is 0. The van der Waals surface area contributed by atoms with Gasteiger partial charge in [0, 0.05) is 18.9 Å².